The van der Waals surface area contributed by atoms with Crippen LogP contribution in [0.1, 0.15) is 12.6 Å². The summed E-state index contributed by atoms with van der Waals surface area (Å²) in [5.74, 6) is 1.10. The first-order valence-electron chi connectivity index (χ1n) is 10.8. The molecule has 2 aromatic heterocycles. The van der Waals surface area contributed by atoms with Gasteiger partial charge in [-0.1, -0.05) is 61.0 Å². The summed E-state index contributed by atoms with van der Waals surface area (Å²) in [4.78, 5) is 10.0. The summed E-state index contributed by atoms with van der Waals surface area (Å²) in [7, 11) is 0. The molecule has 31 heavy (non-hydrogen) atoms. The molecule has 0 N–H and O–H groups in total. The van der Waals surface area contributed by atoms with Crippen molar-refractivity contribution in [1.29, 1.82) is 0 Å². The van der Waals surface area contributed by atoms with Gasteiger partial charge in [0.15, 0.2) is 5.65 Å². The molecule has 0 aliphatic carbocycles. The number of piperazine rings is 1. The molecular formula is C25H26ClN5. The van der Waals surface area contributed by atoms with Gasteiger partial charge < -0.3 is 9.80 Å². The van der Waals surface area contributed by atoms with Gasteiger partial charge in [0.1, 0.15) is 5.82 Å². The van der Waals surface area contributed by atoms with Crippen molar-refractivity contribution in [2.24, 2.45) is 0 Å². The molecule has 1 saturated heterocycles. The maximum atomic E-state index is 6.14. The van der Waals surface area contributed by atoms with Crippen LogP contribution in [0.15, 0.2) is 60.7 Å². The number of hydrogen-bond donors (Lipinski definition) is 0. The quantitative estimate of drug-likeness (QED) is 0.447. The average molecular weight is 432 g/mol. The predicted molar refractivity (Wildman–Crippen MR) is 128 cm³/mol. The lowest BCUT2D eigenvalue weighted by Crippen LogP contribution is -2.46. The molecular weight excluding hydrogens is 406 g/mol. The number of fused-ring (bicyclic) bond motifs is 1. The summed E-state index contributed by atoms with van der Waals surface area (Å²) < 4.78 is 2.02. The highest BCUT2D eigenvalue weighted by molar-refractivity contribution is 6.30. The standard InChI is InChI=1S/C25H26ClN5/c1-3-29-13-15-30(16-14-29)23-17-22(19-7-5-4-6-8-19)27-25-24(18(2)28-31(23)25)20-9-11-21(26)12-10-20/h4-12,17H,3,13-16H2,1-2H3. The predicted octanol–water partition coefficient (Wildman–Crippen LogP) is 5.17. The molecule has 1 fully saturated rings. The van der Waals surface area contributed by atoms with E-state index in [-0.39, 0.29) is 0 Å². The monoisotopic (exact) mass is 431 g/mol. The number of anilines is 1. The zero-order valence-corrected chi connectivity index (χ0v) is 18.7. The topological polar surface area (TPSA) is 36.7 Å². The van der Waals surface area contributed by atoms with Gasteiger partial charge in [0.05, 0.1) is 11.4 Å². The van der Waals surface area contributed by atoms with E-state index in [0.29, 0.717) is 0 Å². The van der Waals surface area contributed by atoms with Crippen molar-refractivity contribution < 1.29 is 0 Å². The summed E-state index contributed by atoms with van der Waals surface area (Å²) in [6, 6.07) is 20.5. The second-order valence-electron chi connectivity index (χ2n) is 7.99. The van der Waals surface area contributed by atoms with Crippen molar-refractivity contribution >= 4 is 23.1 Å². The first-order valence-corrected chi connectivity index (χ1v) is 11.2. The van der Waals surface area contributed by atoms with Crippen molar-refractivity contribution in [3.8, 4) is 22.4 Å². The van der Waals surface area contributed by atoms with E-state index in [9.17, 15) is 0 Å². The van der Waals surface area contributed by atoms with Gasteiger partial charge in [0.2, 0.25) is 0 Å². The zero-order chi connectivity index (χ0) is 21.4. The molecule has 1 aliphatic heterocycles. The van der Waals surface area contributed by atoms with E-state index in [2.05, 4.69) is 54.0 Å². The number of rotatable bonds is 4. The fourth-order valence-electron chi connectivity index (χ4n) is 4.34. The summed E-state index contributed by atoms with van der Waals surface area (Å²) in [5.41, 5.74) is 6.07. The second kappa shape index (κ2) is 8.33. The molecule has 0 radical (unpaired) electrons. The third-order valence-electron chi connectivity index (χ3n) is 6.09. The molecule has 158 valence electrons. The highest BCUT2D eigenvalue weighted by atomic mass is 35.5. The molecule has 4 aromatic rings. The maximum absolute atomic E-state index is 6.14. The van der Waals surface area contributed by atoms with Crippen LogP contribution in [0.3, 0.4) is 0 Å². The van der Waals surface area contributed by atoms with Crippen LogP contribution in [-0.4, -0.2) is 52.2 Å². The van der Waals surface area contributed by atoms with E-state index < -0.39 is 0 Å². The molecule has 1 aliphatic rings. The van der Waals surface area contributed by atoms with Crippen LogP contribution >= 0.6 is 11.6 Å². The van der Waals surface area contributed by atoms with Gasteiger partial charge in [-0.25, -0.2) is 4.98 Å². The van der Waals surface area contributed by atoms with E-state index in [1.807, 2.05) is 34.8 Å². The molecule has 0 unspecified atom stereocenters. The first kappa shape index (κ1) is 20.0. The second-order valence-corrected chi connectivity index (χ2v) is 8.43. The van der Waals surface area contributed by atoms with Gasteiger partial charge in [-0.3, -0.25) is 0 Å². The molecule has 0 atom stereocenters. The van der Waals surface area contributed by atoms with Crippen molar-refractivity contribution in [2.45, 2.75) is 13.8 Å². The number of nitrogens with zero attached hydrogens (tertiary/aromatic N) is 5. The van der Waals surface area contributed by atoms with Crippen molar-refractivity contribution in [3.63, 3.8) is 0 Å². The largest absolute Gasteiger partial charge is 0.354 e. The number of aryl methyl sites for hydroxylation is 1. The Morgan fingerprint density at radius 2 is 1.61 bits per heavy atom. The lowest BCUT2D eigenvalue weighted by atomic mass is 10.1. The lowest BCUT2D eigenvalue weighted by molar-refractivity contribution is 0.270. The Morgan fingerprint density at radius 3 is 2.29 bits per heavy atom. The number of aromatic nitrogens is 3. The molecule has 0 spiro atoms. The number of benzene rings is 2. The highest BCUT2D eigenvalue weighted by Gasteiger charge is 2.23. The third kappa shape index (κ3) is 3.80. The van der Waals surface area contributed by atoms with Crippen molar-refractivity contribution in [1.82, 2.24) is 19.5 Å². The molecule has 6 heteroatoms. The fraction of sp³-hybridized carbons (Fsp3) is 0.280. The van der Waals surface area contributed by atoms with E-state index in [1.54, 1.807) is 0 Å². The van der Waals surface area contributed by atoms with Crippen LogP contribution in [-0.2, 0) is 0 Å². The van der Waals surface area contributed by atoms with E-state index in [4.69, 9.17) is 21.7 Å². The van der Waals surface area contributed by atoms with Crippen molar-refractivity contribution in [3.05, 3.63) is 71.4 Å². The van der Waals surface area contributed by atoms with Crippen molar-refractivity contribution in [2.75, 3.05) is 37.6 Å². The number of hydrogen-bond acceptors (Lipinski definition) is 4. The molecule has 3 heterocycles. The molecule has 0 amide bonds. The molecule has 0 bridgehead atoms. The molecule has 5 rings (SSSR count). The molecule has 2 aromatic carbocycles. The van der Waals surface area contributed by atoms with Crippen LogP contribution < -0.4 is 4.90 Å². The van der Waals surface area contributed by atoms with Gasteiger partial charge >= 0.3 is 0 Å². The van der Waals surface area contributed by atoms with Gasteiger partial charge in [-0.2, -0.15) is 9.61 Å². The summed E-state index contributed by atoms with van der Waals surface area (Å²) >= 11 is 6.14. The maximum Gasteiger partial charge on any atom is 0.166 e. The Balaban J connectivity index is 1.70. The Hall–Kier alpha value is -2.89. The minimum atomic E-state index is 0.727. The first-order chi connectivity index (χ1) is 15.1. The molecule has 0 saturated carbocycles. The van der Waals surface area contributed by atoms with Gasteiger partial charge in [0, 0.05) is 48.4 Å². The van der Waals surface area contributed by atoms with E-state index >= 15 is 0 Å². The third-order valence-corrected chi connectivity index (χ3v) is 6.34. The Kier molecular flexibility index (Phi) is 5.38. The SMILES string of the molecule is CCN1CCN(c2cc(-c3ccccc3)nc3c(-c4ccc(Cl)cc4)c(C)nn23)CC1. The van der Waals surface area contributed by atoms with Crippen LogP contribution in [0.5, 0.6) is 0 Å². The van der Waals surface area contributed by atoms with Crippen LogP contribution in [0.2, 0.25) is 5.02 Å². The fourth-order valence-corrected chi connectivity index (χ4v) is 4.46. The number of halogens is 1. The highest BCUT2D eigenvalue weighted by Crippen LogP contribution is 2.33. The average Bonchev–Trinajstić information content (AvgIpc) is 3.15. The lowest BCUT2D eigenvalue weighted by Gasteiger charge is -2.35. The van der Waals surface area contributed by atoms with Crippen LogP contribution in [0.25, 0.3) is 28.0 Å². The summed E-state index contributed by atoms with van der Waals surface area (Å²) in [6.45, 7) is 9.46. The minimum Gasteiger partial charge on any atom is -0.354 e. The zero-order valence-electron chi connectivity index (χ0n) is 17.9. The van der Waals surface area contributed by atoms with Gasteiger partial charge in [0.25, 0.3) is 0 Å². The smallest absolute Gasteiger partial charge is 0.166 e. The van der Waals surface area contributed by atoms with Crippen LogP contribution in [0.4, 0.5) is 5.82 Å². The Morgan fingerprint density at radius 1 is 0.903 bits per heavy atom. The molecule has 5 nitrogen and oxygen atoms in total. The Bertz CT molecular complexity index is 1190. The summed E-state index contributed by atoms with van der Waals surface area (Å²) in [6.07, 6.45) is 0. The van der Waals surface area contributed by atoms with Gasteiger partial charge in [-0.05, 0) is 31.2 Å². The van der Waals surface area contributed by atoms with Crippen LogP contribution in [0, 0.1) is 6.92 Å². The number of likely N-dealkylation sites (N-methyl/N-ethyl adjacent to an activating group) is 1. The van der Waals surface area contributed by atoms with Gasteiger partial charge in [-0.15, -0.1) is 0 Å². The van der Waals surface area contributed by atoms with E-state index in [1.165, 1.54) is 0 Å². The summed E-state index contributed by atoms with van der Waals surface area (Å²) in [5, 5.41) is 5.65. The minimum absolute atomic E-state index is 0.727. The van der Waals surface area contributed by atoms with E-state index in [0.717, 1.165) is 77.3 Å². The normalized spacial score (nSPS) is 15.0. The Labute approximate surface area is 187 Å².